The summed E-state index contributed by atoms with van der Waals surface area (Å²) >= 11 is 1.49. The molecule has 0 aliphatic heterocycles. The predicted molar refractivity (Wildman–Crippen MR) is 46.9 cm³/mol. The summed E-state index contributed by atoms with van der Waals surface area (Å²) in [7, 11) is 0. The molecule has 5 heteroatoms. The second kappa shape index (κ2) is 3.02. The fourth-order valence-electron chi connectivity index (χ4n) is 0.853. The number of fused-ring (bicyclic) bond motifs is 1. The van der Waals surface area contributed by atoms with Crippen LogP contribution in [-0.2, 0) is 0 Å². The number of hydrogen-bond acceptors (Lipinski definition) is 5. The van der Waals surface area contributed by atoms with Crippen molar-refractivity contribution in [3.8, 4) is 0 Å². The Morgan fingerprint density at radius 1 is 1.17 bits per heavy atom. The van der Waals surface area contributed by atoms with E-state index in [1.807, 2.05) is 6.26 Å². The third kappa shape index (κ3) is 1.23. The zero-order chi connectivity index (χ0) is 8.39. The third-order valence-electron chi connectivity index (χ3n) is 1.39. The van der Waals surface area contributed by atoms with Crippen LogP contribution < -0.4 is 0 Å². The van der Waals surface area contributed by atoms with Crippen LogP contribution in [0.3, 0.4) is 0 Å². The Morgan fingerprint density at radius 2 is 2.00 bits per heavy atom. The Bertz CT molecular complexity index is 403. The minimum Gasteiger partial charge on any atom is -0.250 e. The van der Waals surface area contributed by atoms with Crippen molar-refractivity contribution in [2.75, 3.05) is 6.26 Å². The number of hydrogen-bond donors (Lipinski definition) is 0. The molecule has 60 valence electrons. The third-order valence-corrected chi connectivity index (χ3v) is 1.95. The molecule has 2 heterocycles. The SMILES string of the molecule is CSc1ncc2nccnc2n1. The largest absolute Gasteiger partial charge is 0.250 e. The van der Waals surface area contributed by atoms with Gasteiger partial charge < -0.3 is 0 Å². The molecule has 0 unspecified atom stereocenters. The van der Waals surface area contributed by atoms with Gasteiger partial charge in [0.2, 0.25) is 0 Å². The summed E-state index contributed by atoms with van der Waals surface area (Å²) in [5, 5.41) is 0.725. The summed E-state index contributed by atoms with van der Waals surface area (Å²) < 4.78 is 0. The Kier molecular flexibility index (Phi) is 1.87. The summed E-state index contributed by atoms with van der Waals surface area (Å²) in [5.74, 6) is 0. The lowest BCUT2D eigenvalue weighted by Crippen LogP contribution is -1.90. The highest BCUT2D eigenvalue weighted by atomic mass is 32.2. The molecule has 12 heavy (non-hydrogen) atoms. The normalized spacial score (nSPS) is 10.4. The van der Waals surface area contributed by atoms with Crippen LogP contribution >= 0.6 is 11.8 Å². The maximum Gasteiger partial charge on any atom is 0.189 e. The highest BCUT2D eigenvalue weighted by Crippen LogP contribution is 2.10. The molecule has 0 bridgehead atoms. The summed E-state index contributed by atoms with van der Waals surface area (Å²) in [6, 6.07) is 0. The monoisotopic (exact) mass is 178 g/mol. The number of rotatable bonds is 1. The zero-order valence-corrected chi connectivity index (χ0v) is 7.25. The summed E-state index contributed by atoms with van der Waals surface area (Å²) in [5.41, 5.74) is 1.38. The Hall–Kier alpha value is -1.23. The molecule has 2 aromatic heterocycles. The van der Waals surface area contributed by atoms with Crippen molar-refractivity contribution in [3.05, 3.63) is 18.6 Å². The van der Waals surface area contributed by atoms with E-state index in [0.29, 0.717) is 5.65 Å². The maximum atomic E-state index is 4.17. The van der Waals surface area contributed by atoms with Crippen LogP contribution in [0.1, 0.15) is 0 Å². The first-order valence-corrected chi connectivity index (χ1v) is 4.60. The van der Waals surface area contributed by atoms with Gasteiger partial charge in [-0.05, 0) is 6.26 Å². The van der Waals surface area contributed by atoms with E-state index in [9.17, 15) is 0 Å². The first-order chi connectivity index (χ1) is 5.90. The molecule has 4 nitrogen and oxygen atoms in total. The molecule has 0 radical (unpaired) electrons. The molecule has 0 saturated heterocycles. The van der Waals surface area contributed by atoms with Gasteiger partial charge in [0.25, 0.3) is 0 Å². The molecular weight excluding hydrogens is 172 g/mol. The second-order valence-electron chi connectivity index (χ2n) is 2.12. The van der Waals surface area contributed by atoms with Crippen LogP contribution in [0.25, 0.3) is 11.2 Å². The van der Waals surface area contributed by atoms with E-state index < -0.39 is 0 Å². The molecule has 0 N–H and O–H groups in total. The van der Waals surface area contributed by atoms with Crippen molar-refractivity contribution in [2.45, 2.75) is 5.16 Å². The highest BCUT2D eigenvalue weighted by molar-refractivity contribution is 7.98. The van der Waals surface area contributed by atoms with Crippen molar-refractivity contribution in [1.82, 2.24) is 19.9 Å². The molecule has 0 spiro atoms. The van der Waals surface area contributed by atoms with E-state index in [1.54, 1.807) is 18.6 Å². The van der Waals surface area contributed by atoms with Gasteiger partial charge in [-0.3, -0.25) is 0 Å². The van der Waals surface area contributed by atoms with Gasteiger partial charge in [-0.25, -0.2) is 19.9 Å². The van der Waals surface area contributed by atoms with E-state index in [-0.39, 0.29) is 0 Å². The van der Waals surface area contributed by atoms with E-state index in [4.69, 9.17) is 0 Å². The predicted octanol–water partition coefficient (Wildman–Crippen LogP) is 1.14. The Labute approximate surface area is 73.5 Å². The topological polar surface area (TPSA) is 51.6 Å². The van der Waals surface area contributed by atoms with Gasteiger partial charge in [0.1, 0.15) is 5.52 Å². The highest BCUT2D eigenvalue weighted by Gasteiger charge is 1.98. The van der Waals surface area contributed by atoms with E-state index in [1.165, 1.54) is 11.8 Å². The molecular formula is C7H6N4S. The summed E-state index contributed by atoms with van der Waals surface area (Å²) in [6.45, 7) is 0. The first kappa shape index (κ1) is 7.42. The maximum absolute atomic E-state index is 4.17. The van der Waals surface area contributed by atoms with Gasteiger partial charge in [0.15, 0.2) is 10.8 Å². The van der Waals surface area contributed by atoms with Gasteiger partial charge in [0, 0.05) is 12.4 Å². The first-order valence-electron chi connectivity index (χ1n) is 3.38. The average molecular weight is 178 g/mol. The number of thioether (sulfide) groups is 1. The Balaban J connectivity index is 2.67. The molecule has 0 saturated carbocycles. The lowest BCUT2D eigenvalue weighted by atomic mass is 10.5. The van der Waals surface area contributed by atoms with Crippen molar-refractivity contribution in [2.24, 2.45) is 0 Å². The minimum atomic E-state index is 0.650. The standard InChI is InChI=1S/C7H6N4S/c1-12-7-10-4-5-6(11-7)9-3-2-8-5/h2-4H,1H3. The lowest BCUT2D eigenvalue weighted by Gasteiger charge is -1.95. The van der Waals surface area contributed by atoms with Crippen molar-refractivity contribution in [1.29, 1.82) is 0 Å². The van der Waals surface area contributed by atoms with Crippen molar-refractivity contribution in [3.63, 3.8) is 0 Å². The molecule has 0 fully saturated rings. The molecule has 2 rings (SSSR count). The smallest absolute Gasteiger partial charge is 0.189 e. The second-order valence-corrected chi connectivity index (χ2v) is 2.90. The van der Waals surface area contributed by atoms with Crippen molar-refractivity contribution >= 4 is 22.9 Å². The van der Waals surface area contributed by atoms with Gasteiger partial charge in [-0.15, -0.1) is 0 Å². The van der Waals surface area contributed by atoms with Crippen LogP contribution in [0.15, 0.2) is 23.7 Å². The molecule has 0 atom stereocenters. The minimum absolute atomic E-state index is 0.650. The zero-order valence-electron chi connectivity index (χ0n) is 6.43. The van der Waals surface area contributed by atoms with Crippen LogP contribution in [0.5, 0.6) is 0 Å². The van der Waals surface area contributed by atoms with E-state index in [2.05, 4.69) is 19.9 Å². The van der Waals surface area contributed by atoms with Crippen molar-refractivity contribution < 1.29 is 0 Å². The number of nitrogens with zero attached hydrogens (tertiary/aromatic N) is 4. The van der Waals surface area contributed by atoms with Crippen LogP contribution in [0.4, 0.5) is 0 Å². The molecule has 0 amide bonds. The van der Waals surface area contributed by atoms with Gasteiger partial charge in [-0.1, -0.05) is 11.8 Å². The lowest BCUT2D eigenvalue weighted by molar-refractivity contribution is 0.982. The number of aromatic nitrogens is 4. The molecule has 0 aliphatic rings. The van der Waals surface area contributed by atoms with Crippen LogP contribution in [0, 0.1) is 0 Å². The van der Waals surface area contributed by atoms with Crippen LogP contribution in [0.2, 0.25) is 0 Å². The summed E-state index contributed by atoms with van der Waals surface area (Å²) in [6.07, 6.45) is 6.86. The Morgan fingerprint density at radius 3 is 2.83 bits per heavy atom. The van der Waals surface area contributed by atoms with Gasteiger partial charge >= 0.3 is 0 Å². The van der Waals surface area contributed by atoms with E-state index >= 15 is 0 Å². The van der Waals surface area contributed by atoms with Gasteiger partial charge in [0.05, 0.1) is 6.20 Å². The van der Waals surface area contributed by atoms with E-state index in [0.717, 1.165) is 10.7 Å². The van der Waals surface area contributed by atoms with Crippen LogP contribution in [-0.4, -0.2) is 26.2 Å². The molecule has 2 aromatic rings. The fourth-order valence-corrected chi connectivity index (χ4v) is 1.19. The fraction of sp³-hybridized carbons (Fsp3) is 0.143. The van der Waals surface area contributed by atoms with Gasteiger partial charge in [-0.2, -0.15) is 0 Å². The molecule has 0 aromatic carbocycles. The quantitative estimate of drug-likeness (QED) is 0.484. The average Bonchev–Trinajstić information content (AvgIpc) is 2.17. The summed E-state index contributed by atoms with van der Waals surface area (Å²) in [4.78, 5) is 16.4. The molecule has 0 aliphatic carbocycles.